The molecule has 0 aliphatic heterocycles. The number of carbonyl (C=O) groups is 2. The molecule has 1 aromatic heterocycles. The Morgan fingerprint density at radius 2 is 1.79 bits per heavy atom. The Hall–Kier alpha value is -3.34. The number of ether oxygens (including phenoxy) is 1. The molecule has 0 radical (unpaired) electrons. The maximum Gasteiger partial charge on any atom is 0.265 e. The lowest BCUT2D eigenvalue weighted by molar-refractivity contribution is -0.118. The van der Waals surface area contributed by atoms with Crippen LogP contribution in [0.2, 0.25) is 5.02 Å². The third kappa shape index (κ3) is 5.10. The van der Waals surface area contributed by atoms with Crippen LogP contribution in [-0.2, 0) is 4.79 Å². The highest BCUT2D eigenvalue weighted by Crippen LogP contribution is 2.25. The minimum Gasteiger partial charge on any atom is -0.482 e. The van der Waals surface area contributed by atoms with Gasteiger partial charge in [0, 0.05) is 11.4 Å². The predicted molar refractivity (Wildman–Crippen MR) is 109 cm³/mol. The monoisotopic (exact) mass is 411 g/mol. The standard InChI is InChI=1S/C20H14ClN3O3S/c21-16-10-13(11-22)3-8-17(16)27-12-19(25)23-14-4-6-15(7-5-14)24-20(26)18-2-1-9-28-18/h1-10H,12H2,(H,23,25)(H,24,26). The smallest absolute Gasteiger partial charge is 0.265 e. The Balaban J connectivity index is 1.52. The molecule has 2 N–H and O–H groups in total. The summed E-state index contributed by atoms with van der Waals surface area (Å²) in [6, 6.07) is 16.8. The van der Waals surface area contributed by atoms with E-state index in [2.05, 4.69) is 10.6 Å². The maximum absolute atomic E-state index is 12.0. The summed E-state index contributed by atoms with van der Waals surface area (Å²) in [6.07, 6.45) is 0. The van der Waals surface area contributed by atoms with E-state index >= 15 is 0 Å². The van der Waals surface area contributed by atoms with Gasteiger partial charge in [0.05, 0.1) is 21.5 Å². The van der Waals surface area contributed by atoms with Crippen molar-refractivity contribution in [2.45, 2.75) is 0 Å². The zero-order valence-corrected chi connectivity index (χ0v) is 16.0. The quantitative estimate of drug-likeness (QED) is 0.622. The molecule has 0 aliphatic carbocycles. The van der Waals surface area contributed by atoms with E-state index in [4.69, 9.17) is 21.6 Å². The second-order valence-corrected chi connectivity index (χ2v) is 6.96. The van der Waals surface area contributed by atoms with Crippen molar-refractivity contribution in [1.29, 1.82) is 5.26 Å². The van der Waals surface area contributed by atoms with Crippen LogP contribution >= 0.6 is 22.9 Å². The van der Waals surface area contributed by atoms with E-state index in [1.165, 1.54) is 17.4 Å². The van der Waals surface area contributed by atoms with E-state index in [9.17, 15) is 9.59 Å². The molecule has 2 aromatic carbocycles. The summed E-state index contributed by atoms with van der Waals surface area (Å²) in [5, 5.41) is 16.4. The summed E-state index contributed by atoms with van der Waals surface area (Å²) >= 11 is 7.37. The number of amides is 2. The van der Waals surface area contributed by atoms with Crippen LogP contribution in [0, 0.1) is 11.3 Å². The van der Waals surface area contributed by atoms with Crippen LogP contribution in [0.15, 0.2) is 60.0 Å². The van der Waals surface area contributed by atoms with Crippen LogP contribution in [0.3, 0.4) is 0 Å². The molecule has 0 fully saturated rings. The van der Waals surface area contributed by atoms with Gasteiger partial charge < -0.3 is 15.4 Å². The van der Waals surface area contributed by atoms with E-state index < -0.39 is 0 Å². The van der Waals surface area contributed by atoms with Crippen LogP contribution in [-0.4, -0.2) is 18.4 Å². The number of nitriles is 1. The summed E-state index contributed by atoms with van der Waals surface area (Å²) in [7, 11) is 0. The first-order valence-electron chi connectivity index (χ1n) is 8.12. The van der Waals surface area contributed by atoms with Gasteiger partial charge in [-0.1, -0.05) is 17.7 Å². The van der Waals surface area contributed by atoms with Gasteiger partial charge >= 0.3 is 0 Å². The summed E-state index contributed by atoms with van der Waals surface area (Å²) in [5.41, 5.74) is 1.60. The zero-order valence-electron chi connectivity index (χ0n) is 14.4. The molecule has 28 heavy (non-hydrogen) atoms. The molecule has 0 saturated carbocycles. The molecule has 2 amide bonds. The Labute approximate surface area is 170 Å². The second-order valence-electron chi connectivity index (χ2n) is 5.60. The molecule has 0 spiro atoms. The Morgan fingerprint density at radius 1 is 1.07 bits per heavy atom. The number of nitrogens with zero attached hydrogens (tertiary/aromatic N) is 1. The summed E-state index contributed by atoms with van der Waals surface area (Å²) in [4.78, 5) is 24.7. The number of nitrogens with one attached hydrogen (secondary N) is 2. The van der Waals surface area contributed by atoms with Crippen molar-refractivity contribution >= 4 is 46.1 Å². The van der Waals surface area contributed by atoms with Crippen LogP contribution in [0.5, 0.6) is 5.75 Å². The first kappa shape index (κ1) is 19.4. The Bertz CT molecular complexity index is 1030. The number of halogens is 1. The van der Waals surface area contributed by atoms with E-state index in [1.54, 1.807) is 42.5 Å². The summed E-state index contributed by atoms with van der Waals surface area (Å²) < 4.78 is 5.38. The molecule has 1 heterocycles. The van der Waals surface area contributed by atoms with Gasteiger partial charge in [0.15, 0.2) is 6.61 Å². The fraction of sp³-hybridized carbons (Fsp3) is 0.0500. The average Bonchev–Trinajstić information content (AvgIpc) is 3.23. The van der Waals surface area contributed by atoms with E-state index in [0.29, 0.717) is 27.6 Å². The van der Waals surface area contributed by atoms with Gasteiger partial charge in [-0.3, -0.25) is 9.59 Å². The molecule has 3 aromatic rings. The number of thiophene rings is 1. The van der Waals surface area contributed by atoms with Crippen molar-refractivity contribution in [3.8, 4) is 11.8 Å². The van der Waals surface area contributed by atoms with Crippen molar-refractivity contribution in [2.75, 3.05) is 17.2 Å². The van der Waals surface area contributed by atoms with Crippen LogP contribution in [0.25, 0.3) is 0 Å². The van der Waals surface area contributed by atoms with Crippen molar-refractivity contribution < 1.29 is 14.3 Å². The Kier molecular flexibility index (Phi) is 6.27. The number of hydrogen-bond donors (Lipinski definition) is 2. The lowest BCUT2D eigenvalue weighted by atomic mass is 10.2. The number of carbonyl (C=O) groups excluding carboxylic acids is 2. The molecule has 140 valence electrons. The fourth-order valence-corrected chi connectivity index (χ4v) is 3.12. The number of rotatable bonds is 6. The normalized spacial score (nSPS) is 10.0. The largest absolute Gasteiger partial charge is 0.482 e. The van der Waals surface area contributed by atoms with Gasteiger partial charge in [-0.05, 0) is 53.9 Å². The van der Waals surface area contributed by atoms with Gasteiger partial charge in [0.25, 0.3) is 11.8 Å². The molecule has 0 aliphatic rings. The first-order chi connectivity index (χ1) is 13.5. The third-order valence-electron chi connectivity index (χ3n) is 3.59. The fourth-order valence-electron chi connectivity index (χ4n) is 2.27. The van der Waals surface area contributed by atoms with Crippen LogP contribution in [0.1, 0.15) is 15.2 Å². The highest BCUT2D eigenvalue weighted by atomic mass is 35.5. The summed E-state index contributed by atoms with van der Waals surface area (Å²) in [5.74, 6) is -0.224. The molecule has 6 nitrogen and oxygen atoms in total. The molecule has 0 atom stereocenters. The Morgan fingerprint density at radius 3 is 2.39 bits per heavy atom. The molecule has 8 heteroatoms. The van der Waals surface area contributed by atoms with Gasteiger partial charge in [0.1, 0.15) is 5.75 Å². The summed E-state index contributed by atoms with van der Waals surface area (Å²) in [6.45, 7) is -0.234. The highest BCUT2D eigenvalue weighted by Gasteiger charge is 2.09. The maximum atomic E-state index is 12.0. The highest BCUT2D eigenvalue weighted by molar-refractivity contribution is 7.12. The SMILES string of the molecule is N#Cc1ccc(OCC(=O)Nc2ccc(NC(=O)c3cccs3)cc2)c(Cl)c1. The average molecular weight is 412 g/mol. The van der Waals surface area contributed by atoms with E-state index in [1.807, 2.05) is 17.5 Å². The number of hydrogen-bond acceptors (Lipinski definition) is 5. The molecule has 0 unspecified atom stereocenters. The second kappa shape index (κ2) is 9.04. The van der Waals surface area contributed by atoms with Crippen LogP contribution < -0.4 is 15.4 Å². The molecule has 0 saturated heterocycles. The van der Waals surface area contributed by atoms with Gasteiger partial charge in [-0.15, -0.1) is 11.3 Å². The van der Waals surface area contributed by atoms with E-state index in [0.717, 1.165) is 0 Å². The molecule has 0 bridgehead atoms. The van der Waals surface area contributed by atoms with Crippen molar-refractivity contribution in [3.63, 3.8) is 0 Å². The lowest BCUT2D eigenvalue weighted by Gasteiger charge is -2.10. The van der Waals surface area contributed by atoms with Crippen LogP contribution in [0.4, 0.5) is 11.4 Å². The number of benzene rings is 2. The van der Waals surface area contributed by atoms with Gasteiger partial charge in [-0.25, -0.2) is 0 Å². The minimum absolute atomic E-state index is 0.181. The van der Waals surface area contributed by atoms with Gasteiger partial charge in [-0.2, -0.15) is 5.26 Å². The topological polar surface area (TPSA) is 91.2 Å². The molecular weight excluding hydrogens is 398 g/mol. The molecular formula is C20H14ClN3O3S. The predicted octanol–water partition coefficient (Wildman–Crippen LogP) is 4.54. The zero-order chi connectivity index (χ0) is 19.9. The number of anilines is 2. The minimum atomic E-state index is -0.365. The van der Waals surface area contributed by atoms with Crippen molar-refractivity contribution in [3.05, 3.63) is 75.4 Å². The first-order valence-corrected chi connectivity index (χ1v) is 9.38. The molecule has 3 rings (SSSR count). The lowest BCUT2D eigenvalue weighted by Crippen LogP contribution is -2.20. The van der Waals surface area contributed by atoms with Gasteiger partial charge in [0.2, 0.25) is 0 Å². The van der Waals surface area contributed by atoms with E-state index in [-0.39, 0.29) is 23.4 Å². The third-order valence-corrected chi connectivity index (χ3v) is 4.76. The van der Waals surface area contributed by atoms with Crippen molar-refractivity contribution in [2.24, 2.45) is 0 Å². The van der Waals surface area contributed by atoms with Crippen molar-refractivity contribution in [1.82, 2.24) is 0 Å².